The van der Waals surface area contributed by atoms with Crippen molar-refractivity contribution in [3.8, 4) is 0 Å². The van der Waals surface area contributed by atoms with Gasteiger partial charge in [-0.2, -0.15) is 0 Å². The van der Waals surface area contributed by atoms with Gasteiger partial charge in [0, 0.05) is 5.39 Å². The van der Waals surface area contributed by atoms with Crippen LogP contribution >= 0.6 is 11.6 Å². The van der Waals surface area contributed by atoms with E-state index in [-0.39, 0.29) is 0 Å². The van der Waals surface area contributed by atoms with Gasteiger partial charge in [-0.25, -0.2) is 4.98 Å². The minimum absolute atomic E-state index is 0.546. The highest BCUT2D eigenvalue weighted by molar-refractivity contribution is 6.35. The second-order valence-electron chi connectivity index (χ2n) is 3.45. The number of pyridine rings is 1. The fourth-order valence-electron chi connectivity index (χ4n) is 1.48. The van der Waals surface area contributed by atoms with E-state index in [4.69, 9.17) is 17.3 Å². The molecule has 0 spiro atoms. The number of aryl methyl sites for hydroxylation is 2. The molecule has 0 unspecified atom stereocenters. The van der Waals surface area contributed by atoms with Crippen molar-refractivity contribution in [3.05, 3.63) is 34.3 Å². The molecule has 72 valence electrons. The van der Waals surface area contributed by atoms with E-state index < -0.39 is 0 Å². The van der Waals surface area contributed by atoms with Gasteiger partial charge in [0.2, 0.25) is 0 Å². The number of anilines is 1. The van der Waals surface area contributed by atoms with Crippen LogP contribution in [0.2, 0.25) is 5.02 Å². The van der Waals surface area contributed by atoms with Gasteiger partial charge in [0.15, 0.2) is 0 Å². The second kappa shape index (κ2) is 3.14. The Labute approximate surface area is 87.7 Å². The Kier molecular flexibility index (Phi) is 2.08. The number of rotatable bonds is 0. The molecule has 14 heavy (non-hydrogen) atoms. The maximum atomic E-state index is 6.04. The summed E-state index contributed by atoms with van der Waals surface area (Å²) < 4.78 is 0. The quantitative estimate of drug-likeness (QED) is 0.720. The number of nitrogens with two attached hydrogens (primary N) is 1. The molecule has 0 saturated heterocycles. The van der Waals surface area contributed by atoms with Gasteiger partial charge in [0.1, 0.15) is 5.82 Å². The van der Waals surface area contributed by atoms with Gasteiger partial charge in [0.25, 0.3) is 0 Å². The zero-order valence-corrected chi connectivity index (χ0v) is 8.89. The molecule has 0 aliphatic heterocycles. The predicted molar refractivity (Wildman–Crippen MR) is 60.6 cm³/mol. The Bertz CT molecular complexity index is 460. The molecule has 2 rings (SSSR count). The molecule has 2 N–H and O–H groups in total. The molecule has 1 heterocycles. The van der Waals surface area contributed by atoms with E-state index in [1.807, 2.05) is 32.0 Å². The van der Waals surface area contributed by atoms with Crippen LogP contribution in [0.1, 0.15) is 11.1 Å². The fraction of sp³-hybridized carbons (Fsp3) is 0.182. The number of nitrogen functional groups attached to an aromatic ring is 1. The van der Waals surface area contributed by atoms with E-state index in [0.29, 0.717) is 10.8 Å². The molecular weight excluding hydrogens is 196 g/mol. The van der Waals surface area contributed by atoms with Crippen molar-refractivity contribution in [2.75, 3.05) is 5.73 Å². The lowest BCUT2D eigenvalue weighted by Crippen LogP contribution is -1.95. The van der Waals surface area contributed by atoms with Crippen LogP contribution in [0.5, 0.6) is 0 Å². The lowest BCUT2D eigenvalue weighted by molar-refractivity contribution is 1.33. The number of hydrogen-bond acceptors (Lipinski definition) is 2. The normalized spacial score (nSPS) is 10.8. The molecule has 0 radical (unpaired) electrons. The fourth-order valence-corrected chi connectivity index (χ4v) is 1.68. The topological polar surface area (TPSA) is 38.9 Å². The van der Waals surface area contributed by atoms with Gasteiger partial charge >= 0.3 is 0 Å². The SMILES string of the molecule is Cc1cc2c(C)ccc(Cl)c2nc1N. The summed E-state index contributed by atoms with van der Waals surface area (Å²) in [6, 6.07) is 5.86. The van der Waals surface area contributed by atoms with E-state index in [1.165, 1.54) is 5.56 Å². The number of nitrogens with zero attached hydrogens (tertiary/aromatic N) is 1. The molecule has 0 amide bonds. The van der Waals surface area contributed by atoms with Gasteiger partial charge in [0.05, 0.1) is 10.5 Å². The summed E-state index contributed by atoms with van der Waals surface area (Å²) in [6.45, 7) is 3.98. The third kappa shape index (κ3) is 1.32. The number of benzene rings is 1. The number of halogens is 1. The van der Waals surface area contributed by atoms with Crippen molar-refractivity contribution < 1.29 is 0 Å². The molecule has 2 nitrogen and oxygen atoms in total. The number of hydrogen-bond donors (Lipinski definition) is 1. The summed E-state index contributed by atoms with van der Waals surface area (Å²) in [7, 11) is 0. The zero-order chi connectivity index (χ0) is 10.3. The van der Waals surface area contributed by atoms with Crippen LogP contribution in [-0.4, -0.2) is 4.98 Å². The molecule has 0 saturated carbocycles. The number of fused-ring (bicyclic) bond motifs is 1. The third-order valence-corrected chi connectivity index (χ3v) is 2.69. The van der Waals surface area contributed by atoms with Crippen LogP contribution in [0.4, 0.5) is 5.82 Å². The average molecular weight is 207 g/mol. The van der Waals surface area contributed by atoms with Crippen molar-refractivity contribution in [2.24, 2.45) is 0 Å². The van der Waals surface area contributed by atoms with Crippen molar-refractivity contribution in [1.82, 2.24) is 4.98 Å². The summed E-state index contributed by atoms with van der Waals surface area (Å²) in [5.74, 6) is 0.546. The molecule has 0 aliphatic rings. The van der Waals surface area contributed by atoms with Gasteiger partial charge in [-0.05, 0) is 37.1 Å². The summed E-state index contributed by atoms with van der Waals surface area (Å²) in [5, 5.41) is 1.72. The largest absolute Gasteiger partial charge is 0.383 e. The smallest absolute Gasteiger partial charge is 0.127 e. The highest BCUT2D eigenvalue weighted by atomic mass is 35.5. The summed E-state index contributed by atoms with van der Waals surface area (Å²) in [4.78, 5) is 4.28. The Morgan fingerprint density at radius 1 is 1.21 bits per heavy atom. The third-order valence-electron chi connectivity index (χ3n) is 2.38. The van der Waals surface area contributed by atoms with Crippen LogP contribution in [0.15, 0.2) is 18.2 Å². The van der Waals surface area contributed by atoms with Crippen molar-refractivity contribution in [3.63, 3.8) is 0 Å². The molecular formula is C11H11ClN2. The van der Waals surface area contributed by atoms with Crippen molar-refractivity contribution in [2.45, 2.75) is 13.8 Å². The van der Waals surface area contributed by atoms with Gasteiger partial charge in [-0.1, -0.05) is 17.7 Å². The second-order valence-corrected chi connectivity index (χ2v) is 3.86. The molecule has 0 aliphatic carbocycles. The van der Waals surface area contributed by atoms with Gasteiger partial charge in [-0.3, -0.25) is 0 Å². The summed E-state index contributed by atoms with van der Waals surface area (Å²) in [6.07, 6.45) is 0. The molecule has 3 heteroatoms. The zero-order valence-electron chi connectivity index (χ0n) is 8.13. The Balaban J connectivity index is 2.94. The van der Waals surface area contributed by atoms with Crippen molar-refractivity contribution in [1.29, 1.82) is 0 Å². The summed E-state index contributed by atoms with van der Waals surface area (Å²) >= 11 is 6.04. The molecule has 1 aromatic carbocycles. The minimum atomic E-state index is 0.546. The molecule has 1 aromatic heterocycles. The van der Waals surface area contributed by atoms with Gasteiger partial charge < -0.3 is 5.73 Å². The van der Waals surface area contributed by atoms with Crippen LogP contribution < -0.4 is 5.73 Å². The highest BCUT2D eigenvalue weighted by Gasteiger charge is 2.05. The summed E-state index contributed by atoms with van der Waals surface area (Å²) in [5.41, 5.74) is 8.68. The molecule has 0 atom stereocenters. The maximum Gasteiger partial charge on any atom is 0.127 e. The standard InChI is InChI=1S/C11H11ClN2/c1-6-3-4-9(12)10-8(6)5-7(2)11(13)14-10/h3-5H,1-2H3,(H2,13,14). The van der Waals surface area contributed by atoms with E-state index >= 15 is 0 Å². The van der Waals surface area contributed by atoms with Gasteiger partial charge in [-0.15, -0.1) is 0 Å². The maximum absolute atomic E-state index is 6.04. The van der Waals surface area contributed by atoms with Crippen LogP contribution in [0.25, 0.3) is 10.9 Å². The van der Waals surface area contributed by atoms with Crippen LogP contribution in [-0.2, 0) is 0 Å². The molecule has 0 bridgehead atoms. The lowest BCUT2D eigenvalue weighted by Gasteiger charge is -2.06. The number of aromatic nitrogens is 1. The Morgan fingerprint density at radius 2 is 1.93 bits per heavy atom. The average Bonchev–Trinajstić information content (AvgIpc) is 2.15. The lowest BCUT2D eigenvalue weighted by atomic mass is 10.1. The van der Waals surface area contributed by atoms with Crippen molar-refractivity contribution >= 4 is 28.3 Å². The molecule has 2 aromatic rings. The van der Waals surface area contributed by atoms with Crippen LogP contribution in [0, 0.1) is 13.8 Å². The Hall–Kier alpha value is -1.28. The first-order chi connectivity index (χ1) is 6.59. The van der Waals surface area contributed by atoms with Crippen LogP contribution in [0.3, 0.4) is 0 Å². The first-order valence-electron chi connectivity index (χ1n) is 4.41. The highest BCUT2D eigenvalue weighted by Crippen LogP contribution is 2.27. The van der Waals surface area contributed by atoms with E-state index in [9.17, 15) is 0 Å². The Morgan fingerprint density at radius 3 is 2.64 bits per heavy atom. The first-order valence-corrected chi connectivity index (χ1v) is 4.79. The van der Waals surface area contributed by atoms with E-state index in [1.54, 1.807) is 0 Å². The monoisotopic (exact) mass is 206 g/mol. The van der Waals surface area contributed by atoms with E-state index in [2.05, 4.69) is 4.98 Å². The molecule has 0 fully saturated rings. The first kappa shape index (κ1) is 9.28. The predicted octanol–water partition coefficient (Wildman–Crippen LogP) is 3.09. The minimum Gasteiger partial charge on any atom is -0.383 e. The van der Waals surface area contributed by atoms with E-state index in [0.717, 1.165) is 16.5 Å².